The van der Waals surface area contributed by atoms with Crippen molar-refractivity contribution in [2.24, 2.45) is 0 Å². The molecule has 0 bridgehead atoms. The molecule has 1 aromatic heterocycles. The first-order valence-corrected chi connectivity index (χ1v) is 6.90. The lowest BCUT2D eigenvalue weighted by atomic mass is 9.91. The number of carbonyl (C=O) groups is 1. The monoisotopic (exact) mass is 262 g/mol. The zero-order chi connectivity index (χ0) is 14.0. The lowest BCUT2D eigenvalue weighted by molar-refractivity contribution is 0.0267. The molecule has 0 aromatic carbocycles. The zero-order valence-corrected chi connectivity index (χ0v) is 11.9. The summed E-state index contributed by atoms with van der Waals surface area (Å²) < 4.78 is 0. The molecular weight excluding hydrogens is 240 g/mol. The lowest BCUT2D eigenvalue weighted by Gasteiger charge is -2.35. The van der Waals surface area contributed by atoms with Crippen LogP contribution in [0.15, 0.2) is 12.1 Å². The number of aryl methyl sites for hydroxylation is 2. The molecule has 4 heteroatoms. The van der Waals surface area contributed by atoms with E-state index < -0.39 is 6.10 Å². The first-order chi connectivity index (χ1) is 9.00. The molecule has 1 aromatic rings. The second-order valence-electron chi connectivity index (χ2n) is 5.42. The lowest BCUT2D eigenvalue weighted by Crippen LogP contribution is -2.46. The molecule has 0 saturated heterocycles. The number of amides is 1. The van der Waals surface area contributed by atoms with Crippen LogP contribution >= 0.6 is 0 Å². The average molecular weight is 262 g/mol. The van der Waals surface area contributed by atoms with E-state index in [1.54, 1.807) is 11.9 Å². The molecule has 1 fully saturated rings. The molecule has 2 rings (SSSR count). The summed E-state index contributed by atoms with van der Waals surface area (Å²) in [6.07, 6.45) is 3.38. The van der Waals surface area contributed by atoms with E-state index in [1.165, 1.54) is 0 Å². The smallest absolute Gasteiger partial charge is 0.255 e. The van der Waals surface area contributed by atoms with Crippen LogP contribution in [0, 0.1) is 13.8 Å². The van der Waals surface area contributed by atoms with E-state index >= 15 is 0 Å². The van der Waals surface area contributed by atoms with Crippen LogP contribution in [0.2, 0.25) is 0 Å². The van der Waals surface area contributed by atoms with Crippen LogP contribution < -0.4 is 0 Å². The number of aliphatic hydroxyl groups is 1. The topological polar surface area (TPSA) is 53.4 Å². The Kier molecular flexibility index (Phi) is 4.20. The van der Waals surface area contributed by atoms with Crippen molar-refractivity contribution in [1.82, 2.24) is 9.88 Å². The quantitative estimate of drug-likeness (QED) is 0.887. The van der Waals surface area contributed by atoms with E-state index in [2.05, 4.69) is 4.98 Å². The Morgan fingerprint density at radius 2 is 2.00 bits per heavy atom. The Balaban J connectivity index is 2.18. The maximum absolute atomic E-state index is 12.5. The van der Waals surface area contributed by atoms with Crippen molar-refractivity contribution in [3.8, 4) is 0 Å². The molecule has 19 heavy (non-hydrogen) atoms. The normalized spacial score (nSPS) is 23.2. The maximum Gasteiger partial charge on any atom is 0.255 e. The van der Waals surface area contributed by atoms with Crippen LogP contribution in [0.5, 0.6) is 0 Å². The van der Waals surface area contributed by atoms with E-state index in [4.69, 9.17) is 0 Å². The Morgan fingerprint density at radius 1 is 1.32 bits per heavy atom. The van der Waals surface area contributed by atoms with E-state index in [9.17, 15) is 9.90 Å². The van der Waals surface area contributed by atoms with E-state index in [-0.39, 0.29) is 11.9 Å². The van der Waals surface area contributed by atoms with Crippen molar-refractivity contribution in [2.75, 3.05) is 7.05 Å². The van der Waals surface area contributed by atoms with Gasteiger partial charge < -0.3 is 10.0 Å². The van der Waals surface area contributed by atoms with E-state index in [0.717, 1.165) is 37.1 Å². The summed E-state index contributed by atoms with van der Waals surface area (Å²) in [6.45, 7) is 3.77. The largest absolute Gasteiger partial charge is 0.391 e. The van der Waals surface area contributed by atoms with Crippen molar-refractivity contribution in [3.63, 3.8) is 0 Å². The minimum absolute atomic E-state index is 0.0454. The highest BCUT2D eigenvalue weighted by molar-refractivity contribution is 5.95. The molecule has 1 saturated carbocycles. The summed E-state index contributed by atoms with van der Waals surface area (Å²) in [5, 5.41) is 10.0. The number of carbonyl (C=O) groups excluding carboxylic acids is 1. The van der Waals surface area contributed by atoms with Gasteiger partial charge in [0.05, 0.1) is 23.4 Å². The fourth-order valence-electron chi connectivity index (χ4n) is 2.80. The summed E-state index contributed by atoms with van der Waals surface area (Å²) in [7, 11) is 1.78. The number of aromatic nitrogens is 1. The SMILES string of the molecule is Cc1ccc(C(=O)N(C)C2CCCCC2O)c(C)n1. The molecule has 1 N–H and O–H groups in total. The molecule has 1 amide bonds. The second kappa shape index (κ2) is 5.70. The third-order valence-corrected chi connectivity index (χ3v) is 3.97. The van der Waals surface area contributed by atoms with Gasteiger partial charge in [-0.25, -0.2) is 0 Å². The number of nitrogens with zero attached hydrogens (tertiary/aromatic N) is 2. The minimum Gasteiger partial charge on any atom is -0.391 e. The number of hydrogen-bond donors (Lipinski definition) is 1. The van der Waals surface area contributed by atoms with Crippen molar-refractivity contribution >= 4 is 5.91 Å². The minimum atomic E-state index is -0.401. The molecule has 1 heterocycles. The van der Waals surface area contributed by atoms with Gasteiger partial charge in [0.2, 0.25) is 0 Å². The first kappa shape index (κ1) is 14.0. The predicted molar refractivity (Wildman–Crippen MR) is 74.1 cm³/mol. The van der Waals surface area contributed by atoms with E-state index in [1.807, 2.05) is 26.0 Å². The summed E-state index contributed by atoms with van der Waals surface area (Å²) in [5.41, 5.74) is 2.29. The van der Waals surface area contributed by atoms with Crippen LogP contribution in [0.3, 0.4) is 0 Å². The van der Waals surface area contributed by atoms with Crippen LogP contribution in [0.4, 0.5) is 0 Å². The van der Waals surface area contributed by atoms with E-state index in [0.29, 0.717) is 5.56 Å². The van der Waals surface area contributed by atoms with Gasteiger partial charge in [0, 0.05) is 12.7 Å². The van der Waals surface area contributed by atoms with Gasteiger partial charge in [-0.05, 0) is 38.8 Å². The van der Waals surface area contributed by atoms with Gasteiger partial charge in [0.1, 0.15) is 0 Å². The average Bonchev–Trinajstić information content (AvgIpc) is 2.38. The van der Waals surface area contributed by atoms with Crippen molar-refractivity contribution in [2.45, 2.75) is 51.7 Å². The molecular formula is C15H22N2O2. The Hall–Kier alpha value is -1.42. The van der Waals surface area contributed by atoms with Gasteiger partial charge in [0.25, 0.3) is 5.91 Å². The number of aliphatic hydroxyl groups excluding tert-OH is 1. The molecule has 0 spiro atoms. The van der Waals surface area contributed by atoms with Gasteiger partial charge in [0.15, 0.2) is 0 Å². The Labute approximate surface area is 114 Å². The molecule has 2 unspecified atom stereocenters. The van der Waals surface area contributed by atoms with Gasteiger partial charge in [-0.2, -0.15) is 0 Å². The summed E-state index contributed by atoms with van der Waals surface area (Å²) >= 11 is 0. The van der Waals surface area contributed by atoms with Gasteiger partial charge in [-0.15, -0.1) is 0 Å². The molecule has 4 nitrogen and oxygen atoms in total. The van der Waals surface area contributed by atoms with Crippen molar-refractivity contribution in [1.29, 1.82) is 0 Å². The van der Waals surface area contributed by atoms with Crippen molar-refractivity contribution < 1.29 is 9.90 Å². The number of hydrogen-bond acceptors (Lipinski definition) is 3. The Morgan fingerprint density at radius 3 is 2.63 bits per heavy atom. The fraction of sp³-hybridized carbons (Fsp3) is 0.600. The highest BCUT2D eigenvalue weighted by Crippen LogP contribution is 2.24. The molecule has 0 radical (unpaired) electrons. The maximum atomic E-state index is 12.5. The molecule has 1 aliphatic carbocycles. The van der Waals surface area contributed by atoms with Gasteiger partial charge in [-0.1, -0.05) is 12.8 Å². The summed E-state index contributed by atoms with van der Waals surface area (Å²) in [5.74, 6) is -0.0454. The Bertz CT molecular complexity index is 473. The van der Waals surface area contributed by atoms with Crippen molar-refractivity contribution in [3.05, 3.63) is 29.1 Å². The third-order valence-electron chi connectivity index (χ3n) is 3.97. The predicted octanol–water partition coefficient (Wildman–Crippen LogP) is 2.07. The zero-order valence-electron chi connectivity index (χ0n) is 11.9. The molecule has 0 aliphatic heterocycles. The number of rotatable bonds is 2. The van der Waals surface area contributed by atoms with Crippen LogP contribution in [0.1, 0.15) is 47.4 Å². The molecule has 1 aliphatic rings. The number of likely N-dealkylation sites (N-methyl/N-ethyl adjacent to an activating group) is 1. The van der Waals surface area contributed by atoms with Gasteiger partial charge in [-0.3, -0.25) is 9.78 Å². The fourth-order valence-corrected chi connectivity index (χ4v) is 2.80. The molecule has 104 valence electrons. The first-order valence-electron chi connectivity index (χ1n) is 6.90. The standard InChI is InChI=1S/C15H22N2O2/c1-10-8-9-12(11(2)16-10)15(19)17(3)13-6-4-5-7-14(13)18/h8-9,13-14,18H,4-7H2,1-3H3. The van der Waals surface area contributed by atoms with Crippen LogP contribution in [0.25, 0.3) is 0 Å². The summed E-state index contributed by atoms with van der Waals surface area (Å²) in [6, 6.07) is 3.61. The third kappa shape index (κ3) is 2.95. The van der Waals surface area contributed by atoms with Gasteiger partial charge >= 0.3 is 0 Å². The highest BCUT2D eigenvalue weighted by atomic mass is 16.3. The second-order valence-corrected chi connectivity index (χ2v) is 5.42. The molecule has 2 atom stereocenters. The van der Waals surface area contributed by atoms with Crippen LogP contribution in [-0.4, -0.2) is 40.1 Å². The number of pyridine rings is 1. The summed E-state index contributed by atoms with van der Waals surface area (Å²) in [4.78, 5) is 18.5. The highest BCUT2D eigenvalue weighted by Gasteiger charge is 2.30. The van der Waals surface area contributed by atoms with Crippen LogP contribution in [-0.2, 0) is 0 Å².